The molecule has 0 bridgehead atoms. The molecule has 0 aromatic rings. The first-order chi connectivity index (χ1) is 6.83. The van der Waals surface area contributed by atoms with Gasteiger partial charge in [0.15, 0.2) is 0 Å². The first kappa shape index (κ1) is 8.75. The Labute approximate surface area is 86.2 Å². The second-order valence-electron chi connectivity index (χ2n) is 5.31. The molecule has 0 aromatic heterocycles. The smallest absolute Gasteiger partial charge is 0.0969 e. The highest BCUT2D eigenvalue weighted by atomic mass is 15.1. The van der Waals surface area contributed by atoms with Crippen LogP contribution in [0.4, 0.5) is 0 Å². The predicted octanol–water partition coefficient (Wildman–Crippen LogP) is 2.35. The van der Waals surface area contributed by atoms with Gasteiger partial charge in [-0.1, -0.05) is 0 Å². The number of aliphatic imine (C=N–C) groups is 1. The first-order valence-electron chi connectivity index (χ1n) is 6.16. The van der Waals surface area contributed by atoms with Crippen LogP contribution in [0.1, 0.15) is 45.4 Å². The fraction of sp³-hybridized carbons (Fsp3) is 0.917. The van der Waals surface area contributed by atoms with Gasteiger partial charge in [0.25, 0.3) is 0 Å². The molecule has 1 aliphatic heterocycles. The number of nitrogens with zero attached hydrogens (tertiary/aromatic N) is 1. The third-order valence-corrected chi connectivity index (χ3v) is 3.77. The molecule has 0 spiro atoms. The molecular weight excluding hydrogens is 172 g/mol. The molecule has 14 heavy (non-hydrogen) atoms. The molecular formula is C12H20N2. The fourth-order valence-corrected chi connectivity index (χ4v) is 2.57. The van der Waals surface area contributed by atoms with Crippen LogP contribution in [0.15, 0.2) is 4.99 Å². The van der Waals surface area contributed by atoms with E-state index in [0.29, 0.717) is 6.04 Å². The molecule has 2 heteroatoms. The zero-order valence-corrected chi connectivity index (χ0v) is 9.00. The van der Waals surface area contributed by atoms with E-state index < -0.39 is 0 Å². The Morgan fingerprint density at radius 3 is 2.21 bits per heavy atom. The fourth-order valence-electron chi connectivity index (χ4n) is 2.57. The van der Waals surface area contributed by atoms with Crippen molar-refractivity contribution in [3.05, 3.63) is 0 Å². The summed E-state index contributed by atoms with van der Waals surface area (Å²) in [6.45, 7) is 2.22. The van der Waals surface area contributed by atoms with E-state index in [2.05, 4.69) is 17.2 Å². The summed E-state index contributed by atoms with van der Waals surface area (Å²) in [6.07, 6.45) is 8.27. The van der Waals surface area contributed by atoms with Crippen LogP contribution in [0.5, 0.6) is 0 Å². The summed E-state index contributed by atoms with van der Waals surface area (Å²) in [5, 5.41) is 3.72. The molecule has 0 radical (unpaired) electrons. The van der Waals surface area contributed by atoms with Crippen LogP contribution < -0.4 is 5.32 Å². The standard InChI is InChI=1S/C12H20N2/c1-8-2-7-11(13-8)14-12(9-3-4-9)10-5-6-10/h8-10,12H,2-7H2,1H3,(H,13,14). The molecule has 2 fully saturated rings. The molecule has 2 aliphatic carbocycles. The Kier molecular flexibility index (Phi) is 2.03. The van der Waals surface area contributed by atoms with Crippen LogP contribution in [0, 0.1) is 11.8 Å². The van der Waals surface area contributed by atoms with Gasteiger partial charge in [0.1, 0.15) is 0 Å². The van der Waals surface area contributed by atoms with Crippen molar-refractivity contribution in [3.8, 4) is 0 Å². The maximum atomic E-state index is 4.65. The molecule has 0 aromatic carbocycles. The molecule has 1 unspecified atom stereocenters. The molecule has 0 amide bonds. The molecule has 1 N–H and O–H groups in total. The molecule has 1 atom stereocenters. The quantitative estimate of drug-likeness (QED) is 0.729. The van der Waals surface area contributed by atoms with E-state index in [1.807, 2.05) is 0 Å². The number of rotatable bonds is 3. The van der Waals surface area contributed by atoms with Crippen LogP contribution in [-0.4, -0.2) is 17.9 Å². The topological polar surface area (TPSA) is 24.4 Å². The van der Waals surface area contributed by atoms with Crippen LogP contribution in [0.2, 0.25) is 0 Å². The third-order valence-electron chi connectivity index (χ3n) is 3.77. The highest BCUT2D eigenvalue weighted by Crippen LogP contribution is 2.44. The van der Waals surface area contributed by atoms with Gasteiger partial charge in [-0.25, -0.2) is 0 Å². The molecule has 0 saturated heterocycles. The average molecular weight is 192 g/mol. The summed E-state index contributed by atoms with van der Waals surface area (Å²) in [5.74, 6) is 3.28. The van der Waals surface area contributed by atoms with Crippen LogP contribution in [0.25, 0.3) is 0 Å². The summed E-state index contributed by atoms with van der Waals surface area (Å²) >= 11 is 0. The summed E-state index contributed by atoms with van der Waals surface area (Å²) < 4.78 is 0. The van der Waals surface area contributed by atoms with E-state index >= 15 is 0 Å². The molecule has 2 saturated carbocycles. The molecule has 78 valence electrons. The second-order valence-corrected chi connectivity index (χ2v) is 5.31. The van der Waals surface area contributed by atoms with Gasteiger partial charge < -0.3 is 5.32 Å². The summed E-state index contributed by atoms with van der Waals surface area (Å²) in [5.41, 5.74) is 0. The number of nitrogens with one attached hydrogen (secondary N) is 1. The lowest BCUT2D eigenvalue weighted by Crippen LogP contribution is -2.37. The van der Waals surface area contributed by atoms with Gasteiger partial charge in [-0.2, -0.15) is 0 Å². The number of amidine groups is 1. The van der Waals surface area contributed by atoms with Crippen molar-refractivity contribution >= 4 is 5.84 Å². The van der Waals surface area contributed by atoms with Gasteiger partial charge in [-0.05, 0) is 50.9 Å². The van der Waals surface area contributed by atoms with Gasteiger partial charge in [0, 0.05) is 18.5 Å². The minimum absolute atomic E-state index is 0.566. The monoisotopic (exact) mass is 192 g/mol. The van der Waals surface area contributed by atoms with E-state index in [1.165, 1.54) is 44.4 Å². The Morgan fingerprint density at radius 1 is 1.14 bits per heavy atom. The molecule has 3 rings (SSSR count). The molecule has 3 aliphatic rings. The Hall–Kier alpha value is -0.530. The van der Waals surface area contributed by atoms with Crippen LogP contribution >= 0.6 is 0 Å². The largest absolute Gasteiger partial charge is 0.371 e. The maximum absolute atomic E-state index is 4.65. The molecule has 2 nitrogen and oxygen atoms in total. The van der Waals surface area contributed by atoms with Gasteiger partial charge >= 0.3 is 0 Å². The van der Waals surface area contributed by atoms with Crippen LogP contribution in [-0.2, 0) is 0 Å². The highest BCUT2D eigenvalue weighted by Gasteiger charge is 2.42. The SMILES string of the molecule is CC1CCC(NC(C2CC2)C2CC2)=N1. The minimum Gasteiger partial charge on any atom is -0.371 e. The zero-order chi connectivity index (χ0) is 9.54. The van der Waals surface area contributed by atoms with Gasteiger partial charge in [-0.3, -0.25) is 4.99 Å². The van der Waals surface area contributed by atoms with Crippen molar-refractivity contribution in [2.75, 3.05) is 0 Å². The average Bonchev–Trinajstić information content (AvgIpc) is 3.04. The summed E-state index contributed by atoms with van der Waals surface area (Å²) in [6, 6.07) is 1.36. The Bertz CT molecular complexity index is 239. The van der Waals surface area contributed by atoms with E-state index in [4.69, 9.17) is 0 Å². The lowest BCUT2D eigenvalue weighted by molar-refractivity contribution is 0.480. The third kappa shape index (κ3) is 1.79. The van der Waals surface area contributed by atoms with Crippen molar-refractivity contribution in [1.82, 2.24) is 5.32 Å². The Morgan fingerprint density at radius 2 is 1.79 bits per heavy atom. The van der Waals surface area contributed by atoms with Crippen LogP contribution in [0.3, 0.4) is 0 Å². The normalized spacial score (nSPS) is 32.1. The van der Waals surface area contributed by atoms with E-state index in [1.54, 1.807) is 0 Å². The van der Waals surface area contributed by atoms with E-state index in [0.717, 1.165) is 17.9 Å². The minimum atomic E-state index is 0.566. The van der Waals surface area contributed by atoms with E-state index in [9.17, 15) is 0 Å². The van der Waals surface area contributed by atoms with Crippen molar-refractivity contribution in [2.24, 2.45) is 16.8 Å². The van der Waals surface area contributed by atoms with E-state index in [-0.39, 0.29) is 0 Å². The second kappa shape index (κ2) is 3.25. The van der Waals surface area contributed by atoms with Crippen molar-refractivity contribution < 1.29 is 0 Å². The zero-order valence-electron chi connectivity index (χ0n) is 9.00. The summed E-state index contributed by atoms with van der Waals surface area (Å²) in [4.78, 5) is 4.65. The lowest BCUT2D eigenvalue weighted by atomic mass is 10.1. The number of hydrogen-bond acceptors (Lipinski definition) is 2. The molecule has 1 heterocycles. The summed E-state index contributed by atoms with van der Waals surface area (Å²) in [7, 11) is 0. The predicted molar refractivity (Wildman–Crippen MR) is 58.5 cm³/mol. The lowest BCUT2D eigenvalue weighted by Gasteiger charge is -2.18. The first-order valence-corrected chi connectivity index (χ1v) is 6.16. The number of hydrogen-bond donors (Lipinski definition) is 1. The van der Waals surface area contributed by atoms with Gasteiger partial charge in [0.05, 0.1) is 5.84 Å². The van der Waals surface area contributed by atoms with Crippen molar-refractivity contribution in [2.45, 2.75) is 57.5 Å². The van der Waals surface area contributed by atoms with Crippen molar-refractivity contribution in [1.29, 1.82) is 0 Å². The highest BCUT2D eigenvalue weighted by molar-refractivity contribution is 5.84. The van der Waals surface area contributed by atoms with Gasteiger partial charge in [0.2, 0.25) is 0 Å². The van der Waals surface area contributed by atoms with Crippen molar-refractivity contribution in [3.63, 3.8) is 0 Å². The van der Waals surface area contributed by atoms with Gasteiger partial charge in [-0.15, -0.1) is 0 Å². The Balaban J connectivity index is 1.60. The maximum Gasteiger partial charge on any atom is 0.0969 e.